The fraction of sp³-hybridized carbons (Fsp3) is 0.200. The first-order valence-corrected chi connectivity index (χ1v) is 9.21. The van der Waals surface area contributed by atoms with Gasteiger partial charge in [-0.2, -0.15) is 0 Å². The van der Waals surface area contributed by atoms with Gasteiger partial charge in [-0.05, 0) is 54.4 Å². The lowest BCUT2D eigenvalue weighted by molar-refractivity contribution is -0.138. The van der Waals surface area contributed by atoms with Crippen LogP contribution in [0.3, 0.4) is 0 Å². The first-order chi connectivity index (χ1) is 13.0. The number of carbonyl (C=O) groups excluding carboxylic acids is 2. The van der Waals surface area contributed by atoms with Gasteiger partial charge in [-0.1, -0.05) is 28.1 Å². The Kier molecular flexibility index (Phi) is 5.81. The lowest BCUT2D eigenvalue weighted by atomic mass is 9.92. The van der Waals surface area contributed by atoms with E-state index in [1.807, 2.05) is 24.3 Å². The highest BCUT2D eigenvalue weighted by Crippen LogP contribution is 2.33. The van der Waals surface area contributed by atoms with Gasteiger partial charge in [0.1, 0.15) is 5.75 Å². The molecule has 6 nitrogen and oxygen atoms in total. The zero-order valence-corrected chi connectivity index (χ0v) is 16.5. The van der Waals surface area contributed by atoms with Crippen LogP contribution >= 0.6 is 15.9 Å². The van der Waals surface area contributed by atoms with E-state index in [1.54, 1.807) is 38.3 Å². The van der Waals surface area contributed by atoms with E-state index in [-0.39, 0.29) is 12.6 Å². The van der Waals surface area contributed by atoms with Crippen molar-refractivity contribution >= 4 is 33.6 Å². The Labute approximate surface area is 165 Å². The van der Waals surface area contributed by atoms with Crippen LogP contribution in [-0.2, 0) is 9.53 Å². The van der Waals surface area contributed by atoms with Gasteiger partial charge in [-0.15, -0.1) is 0 Å². The summed E-state index contributed by atoms with van der Waals surface area (Å²) in [6.07, 6.45) is 0. The molecule has 1 aliphatic rings. The number of ether oxygens (including phenoxy) is 2. The molecule has 7 heteroatoms. The number of carbonyl (C=O) groups is 2. The van der Waals surface area contributed by atoms with Crippen molar-refractivity contribution in [2.75, 3.05) is 13.7 Å². The molecule has 1 heterocycles. The zero-order chi connectivity index (χ0) is 19.4. The summed E-state index contributed by atoms with van der Waals surface area (Å²) in [5.41, 5.74) is 2.23. The van der Waals surface area contributed by atoms with E-state index in [0.29, 0.717) is 22.6 Å². The summed E-state index contributed by atoms with van der Waals surface area (Å²) in [5.74, 6) is 0.196. The van der Waals surface area contributed by atoms with E-state index in [4.69, 9.17) is 9.47 Å². The summed E-state index contributed by atoms with van der Waals surface area (Å²) in [7, 11) is 1.58. The van der Waals surface area contributed by atoms with Gasteiger partial charge in [-0.25, -0.2) is 9.59 Å². The first kappa shape index (κ1) is 19.0. The van der Waals surface area contributed by atoms with Crippen molar-refractivity contribution in [3.8, 4) is 5.75 Å². The van der Waals surface area contributed by atoms with Crippen molar-refractivity contribution in [3.63, 3.8) is 0 Å². The van der Waals surface area contributed by atoms with Gasteiger partial charge in [-0.3, -0.25) is 0 Å². The van der Waals surface area contributed by atoms with E-state index >= 15 is 0 Å². The minimum Gasteiger partial charge on any atom is -0.497 e. The molecular weight excluding hydrogens is 412 g/mol. The lowest BCUT2D eigenvalue weighted by Gasteiger charge is -2.29. The van der Waals surface area contributed by atoms with Crippen molar-refractivity contribution in [3.05, 3.63) is 69.7 Å². The third-order valence-electron chi connectivity index (χ3n) is 4.13. The molecule has 0 radical (unpaired) electrons. The van der Waals surface area contributed by atoms with Crippen LogP contribution in [0, 0.1) is 0 Å². The molecule has 2 amide bonds. The van der Waals surface area contributed by atoms with Crippen LogP contribution < -0.4 is 15.4 Å². The molecule has 0 unspecified atom stereocenters. The highest BCUT2D eigenvalue weighted by molar-refractivity contribution is 9.10. The molecule has 0 fully saturated rings. The lowest BCUT2D eigenvalue weighted by Crippen LogP contribution is -2.45. The Morgan fingerprint density at radius 3 is 2.56 bits per heavy atom. The number of benzene rings is 2. The standard InChI is InChI=1S/C20H19BrN2O4/c1-3-27-19(24)16-17(12-7-9-15(26-2)10-8-12)22-20(25)23-18(16)13-5-4-6-14(21)11-13/h4-11,18H,3H2,1-2H3,(H2,22,23,25)/t18-/m0/s1. The van der Waals surface area contributed by atoms with Gasteiger partial charge in [0, 0.05) is 4.47 Å². The number of rotatable bonds is 5. The maximum absolute atomic E-state index is 12.8. The minimum absolute atomic E-state index is 0.234. The maximum Gasteiger partial charge on any atom is 0.338 e. The molecule has 2 aromatic carbocycles. The largest absolute Gasteiger partial charge is 0.497 e. The van der Waals surface area contributed by atoms with Crippen molar-refractivity contribution in [2.45, 2.75) is 13.0 Å². The van der Waals surface area contributed by atoms with Crippen LogP contribution in [0.1, 0.15) is 24.1 Å². The van der Waals surface area contributed by atoms with E-state index in [2.05, 4.69) is 26.6 Å². The summed E-state index contributed by atoms with van der Waals surface area (Å²) in [4.78, 5) is 25.1. The molecule has 1 aliphatic heterocycles. The summed E-state index contributed by atoms with van der Waals surface area (Å²) >= 11 is 3.43. The second kappa shape index (κ2) is 8.26. The first-order valence-electron chi connectivity index (χ1n) is 8.42. The molecule has 0 saturated carbocycles. The second-order valence-corrected chi connectivity index (χ2v) is 6.74. The van der Waals surface area contributed by atoms with Gasteiger partial charge in [0.05, 0.1) is 31.0 Å². The Morgan fingerprint density at radius 2 is 1.93 bits per heavy atom. The Morgan fingerprint density at radius 1 is 1.19 bits per heavy atom. The van der Waals surface area contributed by atoms with Crippen molar-refractivity contribution in [1.82, 2.24) is 10.6 Å². The predicted octanol–water partition coefficient (Wildman–Crippen LogP) is 3.79. The summed E-state index contributed by atoms with van der Waals surface area (Å²) in [6.45, 7) is 1.98. The van der Waals surface area contributed by atoms with Gasteiger partial charge >= 0.3 is 12.0 Å². The van der Waals surface area contributed by atoms with Crippen LogP contribution in [-0.4, -0.2) is 25.7 Å². The number of hydrogen-bond donors (Lipinski definition) is 2. The van der Waals surface area contributed by atoms with Crippen molar-refractivity contribution in [2.24, 2.45) is 0 Å². The third kappa shape index (κ3) is 4.14. The van der Waals surface area contributed by atoms with Gasteiger partial charge in [0.15, 0.2) is 0 Å². The van der Waals surface area contributed by atoms with Gasteiger partial charge < -0.3 is 20.1 Å². The highest BCUT2D eigenvalue weighted by Gasteiger charge is 2.34. The molecule has 140 valence electrons. The Bertz CT molecular complexity index is 893. The highest BCUT2D eigenvalue weighted by atomic mass is 79.9. The molecule has 27 heavy (non-hydrogen) atoms. The molecule has 0 saturated heterocycles. The number of hydrogen-bond acceptors (Lipinski definition) is 4. The van der Waals surface area contributed by atoms with Crippen LogP contribution in [0.4, 0.5) is 4.79 Å². The molecule has 2 N–H and O–H groups in total. The zero-order valence-electron chi connectivity index (χ0n) is 14.9. The summed E-state index contributed by atoms with van der Waals surface area (Å²) in [6, 6.07) is 13.5. The van der Waals surface area contributed by atoms with Crippen LogP contribution in [0.15, 0.2) is 58.6 Å². The molecule has 0 aromatic heterocycles. The van der Waals surface area contributed by atoms with E-state index in [9.17, 15) is 9.59 Å². The molecule has 2 aromatic rings. The number of urea groups is 1. The number of nitrogens with one attached hydrogen (secondary N) is 2. The Hall–Kier alpha value is -2.80. The Balaban J connectivity index is 2.16. The quantitative estimate of drug-likeness (QED) is 0.707. The molecular formula is C20H19BrN2O4. The molecule has 0 aliphatic carbocycles. The monoisotopic (exact) mass is 430 g/mol. The van der Waals surface area contributed by atoms with Crippen molar-refractivity contribution < 1.29 is 19.1 Å². The number of halogens is 1. The number of amides is 2. The average molecular weight is 431 g/mol. The SMILES string of the molecule is CCOC(=O)C1=C(c2ccc(OC)cc2)NC(=O)N[C@H]1c1cccc(Br)c1. The summed E-state index contributed by atoms with van der Waals surface area (Å²) in [5, 5.41) is 5.57. The van der Waals surface area contributed by atoms with E-state index in [1.165, 1.54) is 0 Å². The second-order valence-electron chi connectivity index (χ2n) is 5.82. The van der Waals surface area contributed by atoms with Crippen LogP contribution in [0.5, 0.6) is 5.75 Å². The number of esters is 1. The smallest absolute Gasteiger partial charge is 0.338 e. The van der Waals surface area contributed by atoms with E-state index in [0.717, 1.165) is 10.0 Å². The minimum atomic E-state index is -0.632. The van der Waals surface area contributed by atoms with Crippen LogP contribution in [0.2, 0.25) is 0 Å². The van der Waals surface area contributed by atoms with Crippen molar-refractivity contribution in [1.29, 1.82) is 0 Å². The molecule has 0 spiro atoms. The normalized spacial score (nSPS) is 16.4. The fourth-order valence-corrected chi connectivity index (χ4v) is 3.33. The van der Waals surface area contributed by atoms with Crippen LogP contribution in [0.25, 0.3) is 5.70 Å². The van der Waals surface area contributed by atoms with Gasteiger partial charge in [0.2, 0.25) is 0 Å². The maximum atomic E-state index is 12.8. The molecule has 3 rings (SSSR count). The predicted molar refractivity (Wildman–Crippen MR) is 105 cm³/mol. The molecule has 0 bridgehead atoms. The fourth-order valence-electron chi connectivity index (χ4n) is 2.91. The summed E-state index contributed by atoms with van der Waals surface area (Å²) < 4.78 is 11.3. The topological polar surface area (TPSA) is 76.7 Å². The molecule has 1 atom stereocenters. The third-order valence-corrected chi connectivity index (χ3v) is 4.62. The number of methoxy groups -OCH3 is 1. The average Bonchev–Trinajstić information content (AvgIpc) is 2.67. The van der Waals surface area contributed by atoms with Gasteiger partial charge in [0.25, 0.3) is 0 Å². The van der Waals surface area contributed by atoms with E-state index < -0.39 is 12.0 Å².